The van der Waals surface area contributed by atoms with Crippen molar-refractivity contribution in [3.05, 3.63) is 22.1 Å². The first-order valence-electron chi connectivity index (χ1n) is 5.56. The first-order chi connectivity index (χ1) is 8.16. The van der Waals surface area contributed by atoms with Gasteiger partial charge in [0.2, 0.25) is 0 Å². The summed E-state index contributed by atoms with van der Waals surface area (Å²) in [4.78, 5) is 14.1. The summed E-state index contributed by atoms with van der Waals surface area (Å²) in [7, 11) is -3.25. The van der Waals surface area contributed by atoms with Crippen LogP contribution in [-0.2, 0) is 9.84 Å². The van der Waals surface area contributed by atoms with Crippen molar-refractivity contribution in [2.24, 2.45) is 0 Å². The Kier molecular flexibility index (Phi) is 4.10. The van der Waals surface area contributed by atoms with Crippen LogP contribution in [0.2, 0.25) is 0 Å². The summed E-state index contributed by atoms with van der Waals surface area (Å²) in [5, 5.41) is 10.3. The van der Waals surface area contributed by atoms with E-state index in [1.807, 2.05) is 0 Å². The van der Waals surface area contributed by atoms with Crippen LogP contribution in [0, 0.1) is 17.0 Å². The van der Waals surface area contributed by atoms with Crippen molar-refractivity contribution in [2.45, 2.75) is 39.0 Å². The summed E-state index contributed by atoms with van der Waals surface area (Å²) in [5.41, 5.74) is 0. The maximum absolute atomic E-state index is 11.8. The molecule has 1 atom stereocenters. The Labute approximate surface area is 106 Å². The molecule has 1 rings (SSSR count). The van der Waals surface area contributed by atoms with Crippen LogP contribution in [0.15, 0.2) is 6.20 Å². The smallest absolute Gasteiger partial charge is 0.343 e. The average Bonchev–Trinajstić information content (AvgIpc) is 2.59. The Bertz CT molecular complexity index is 547. The van der Waals surface area contributed by atoms with Gasteiger partial charge >= 0.3 is 5.82 Å². The molecule has 0 amide bonds. The number of rotatable bonds is 5. The maximum Gasteiger partial charge on any atom is 0.343 e. The highest BCUT2D eigenvalue weighted by atomic mass is 32.2. The molecule has 0 fully saturated rings. The number of aryl methyl sites for hydroxylation is 1. The Hall–Kier alpha value is -1.44. The average molecular weight is 275 g/mol. The molecule has 7 nitrogen and oxygen atoms in total. The zero-order valence-electron chi connectivity index (χ0n) is 10.8. The van der Waals surface area contributed by atoms with E-state index in [4.69, 9.17) is 0 Å². The molecule has 0 aromatic carbocycles. The molecule has 0 spiro atoms. The summed E-state index contributed by atoms with van der Waals surface area (Å²) >= 11 is 0. The zero-order chi connectivity index (χ0) is 14.1. The predicted octanol–water partition coefficient (Wildman–Crippen LogP) is 1.48. The minimum atomic E-state index is -3.25. The van der Waals surface area contributed by atoms with E-state index in [1.54, 1.807) is 27.7 Å². The van der Waals surface area contributed by atoms with Crippen LogP contribution in [0.25, 0.3) is 0 Å². The number of nitrogens with zero attached hydrogens (tertiary/aromatic N) is 3. The number of sulfone groups is 1. The molecule has 18 heavy (non-hydrogen) atoms. The molecule has 0 aliphatic carbocycles. The number of hydrogen-bond donors (Lipinski definition) is 0. The second-order valence-corrected chi connectivity index (χ2v) is 7.12. The summed E-state index contributed by atoms with van der Waals surface area (Å²) in [6.45, 7) is 6.45. The van der Waals surface area contributed by atoms with Gasteiger partial charge in [0.1, 0.15) is 12.2 Å². The third-order valence-electron chi connectivity index (χ3n) is 2.78. The lowest BCUT2D eigenvalue weighted by Gasteiger charge is -2.14. The fourth-order valence-electron chi connectivity index (χ4n) is 1.72. The summed E-state index contributed by atoms with van der Waals surface area (Å²) in [6, 6.07) is -0.514. The van der Waals surface area contributed by atoms with Gasteiger partial charge in [0.05, 0.1) is 11.0 Å². The SMILES string of the molecule is Cc1ncc([N+](=O)[O-])n1C(C)CS(=O)(=O)C(C)C. The largest absolute Gasteiger partial charge is 0.358 e. The Morgan fingerprint density at radius 3 is 2.44 bits per heavy atom. The highest BCUT2D eigenvalue weighted by Crippen LogP contribution is 2.22. The molecule has 1 aromatic heterocycles. The van der Waals surface area contributed by atoms with E-state index in [0.717, 1.165) is 6.20 Å². The molecule has 0 radical (unpaired) electrons. The monoisotopic (exact) mass is 275 g/mol. The van der Waals surface area contributed by atoms with E-state index in [2.05, 4.69) is 4.98 Å². The standard InChI is InChI=1S/C10H17N3O4S/c1-7(2)18(16,17)6-8(3)12-9(4)11-5-10(12)13(14)15/h5,7-8H,6H2,1-4H3. The molecule has 0 N–H and O–H groups in total. The fraction of sp³-hybridized carbons (Fsp3) is 0.700. The van der Waals surface area contributed by atoms with Crippen LogP contribution in [0.5, 0.6) is 0 Å². The molecular weight excluding hydrogens is 258 g/mol. The number of hydrogen-bond acceptors (Lipinski definition) is 5. The minimum Gasteiger partial charge on any atom is -0.358 e. The quantitative estimate of drug-likeness (QED) is 0.599. The molecular formula is C10H17N3O4S. The lowest BCUT2D eigenvalue weighted by atomic mass is 10.4. The molecule has 0 bridgehead atoms. The summed E-state index contributed by atoms with van der Waals surface area (Å²) < 4.78 is 25.0. The molecule has 0 saturated heterocycles. The van der Waals surface area contributed by atoms with Crippen LogP contribution in [0.4, 0.5) is 5.82 Å². The van der Waals surface area contributed by atoms with Crippen LogP contribution in [0.1, 0.15) is 32.6 Å². The van der Waals surface area contributed by atoms with Crippen molar-refractivity contribution in [3.63, 3.8) is 0 Å². The molecule has 1 unspecified atom stereocenters. The third-order valence-corrected chi connectivity index (χ3v) is 5.17. The van der Waals surface area contributed by atoms with Crippen molar-refractivity contribution >= 4 is 15.7 Å². The van der Waals surface area contributed by atoms with E-state index in [1.165, 1.54) is 4.57 Å². The van der Waals surface area contributed by atoms with Gasteiger partial charge in [-0.25, -0.2) is 18.0 Å². The Morgan fingerprint density at radius 1 is 1.44 bits per heavy atom. The van der Waals surface area contributed by atoms with Gasteiger partial charge in [-0.3, -0.25) is 0 Å². The van der Waals surface area contributed by atoms with E-state index in [0.29, 0.717) is 5.82 Å². The normalized spacial score (nSPS) is 13.8. The van der Waals surface area contributed by atoms with E-state index >= 15 is 0 Å². The minimum absolute atomic E-state index is 0.136. The van der Waals surface area contributed by atoms with Crippen molar-refractivity contribution in [1.29, 1.82) is 0 Å². The zero-order valence-corrected chi connectivity index (χ0v) is 11.6. The molecule has 102 valence electrons. The fourth-order valence-corrected chi connectivity index (χ4v) is 2.93. The second-order valence-electron chi connectivity index (χ2n) is 4.52. The van der Waals surface area contributed by atoms with Gasteiger partial charge in [-0.1, -0.05) is 0 Å². The third kappa shape index (κ3) is 2.87. The van der Waals surface area contributed by atoms with Gasteiger partial charge in [-0.05, 0) is 25.7 Å². The Balaban J connectivity index is 3.09. The van der Waals surface area contributed by atoms with Crippen LogP contribution in [-0.4, -0.2) is 33.9 Å². The van der Waals surface area contributed by atoms with Gasteiger partial charge in [0.25, 0.3) is 0 Å². The first kappa shape index (κ1) is 14.6. The van der Waals surface area contributed by atoms with Crippen LogP contribution < -0.4 is 0 Å². The molecule has 1 heterocycles. The molecule has 0 saturated carbocycles. The summed E-state index contributed by atoms with van der Waals surface area (Å²) in [6.07, 6.45) is 1.15. The van der Waals surface area contributed by atoms with Crippen molar-refractivity contribution in [2.75, 3.05) is 5.75 Å². The second kappa shape index (κ2) is 5.05. The maximum atomic E-state index is 11.8. The van der Waals surface area contributed by atoms with Crippen molar-refractivity contribution < 1.29 is 13.3 Å². The lowest BCUT2D eigenvalue weighted by Crippen LogP contribution is -2.25. The van der Waals surface area contributed by atoms with E-state index in [-0.39, 0.29) is 11.6 Å². The van der Waals surface area contributed by atoms with Crippen molar-refractivity contribution in [3.8, 4) is 0 Å². The molecule has 1 aromatic rings. The highest BCUT2D eigenvalue weighted by Gasteiger charge is 2.28. The highest BCUT2D eigenvalue weighted by molar-refractivity contribution is 7.92. The topological polar surface area (TPSA) is 95.1 Å². The number of imidazole rings is 1. The molecule has 0 aliphatic rings. The van der Waals surface area contributed by atoms with Gasteiger partial charge in [-0.2, -0.15) is 0 Å². The first-order valence-corrected chi connectivity index (χ1v) is 7.28. The van der Waals surface area contributed by atoms with Gasteiger partial charge in [-0.15, -0.1) is 0 Å². The van der Waals surface area contributed by atoms with Crippen LogP contribution >= 0.6 is 0 Å². The predicted molar refractivity (Wildman–Crippen MR) is 67.3 cm³/mol. The van der Waals surface area contributed by atoms with Gasteiger partial charge in [0, 0.05) is 6.92 Å². The van der Waals surface area contributed by atoms with Gasteiger partial charge < -0.3 is 10.1 Å². The number of nitro groups is 1. The number of aromatic nitrogens is 2. The van der Waals surface area contributed by atoms with Gasteiger partial charge in [0.15, 0.2) is 15.7 Å². The van der Waals surface area contributed by atoms with Crippen molar-refractivity contribution in [1.82, 2.24) is 9.55 Å². The van der Waals surface area contributed by atoms with E-state index in [9.17, 15) is 18.5 Å². The molecule has 0 aliphatic heterocycles. The van der Waals surface area contributed by atoms with Crippen LogP contribution in [0.3, 0.4) is 0 Å². The molecule has 8 heteroatoms. The summed E-state index contributed by atoms with van der Waals surface area (Å²) in [5.74, 6) is 0.120. The Morgan fingerprint density at radius 2 is 2.00 bits per heavy atom. The van der Waals surface area contributed by atoms with E-state index < -0.39 is 26.1 Å². The lowest BCUT2D eigenvalue weighted by molar-refractivity contribution is -0.392.